The molecule has 0 radical (unpaired) electrons. The molecule has 1 aromatic carbocycles. The monoisotopic (exact) mass is 365 g/mol. The van der Waals surface area contributed by atoms with Gasteiger partial charge in [-0.2, -0.15) is 5.10 Å². The maximum Gasteiger partial charge on any atom is 0.251 e. The van der Waals surface area contributed by atoms with Gasteiger partial charge in [0, 0.05) is 37.7 Å². The Balaban J connectivity index is 1.87. The largest absolute Gasteiger partial charge is 0.382 e. The van der Waals surface area contributed by atoms with Crippen LogP contribution in [0.4, 0.5) is 0 Å². The fourth-order valence-electron chi connectivity index (χ4n) is 2.95. The highest BCUT2D eigenvalue weighted by molar-refractivity contribution is 5.95. The number of benzene rings is 1. The Morgan fingerprint density at radius 2 is 2.11 bits per heavy atom. The first-order valence-electron chi connectivity index (χ1n) is 8.68. The van der Waals surface area contributed by atoms with Gasteiger partial charge in [-0.05, 0) is 32.0 Å². The third kappa shape index (κ3) is 4.20. The van der Waals surface area contributed by atoms with Crippen LogP contribution < -0.4 is 5.32 Å². The van der Waals surface area contributed by atoms with Gasteiger partial charge >= 0.3 is 0 Å². The fourth-order valence-corrected chi connectivity index (χ4v) is 2.95. The summed E-state index contributed by atoms with van der Waals surface area (Å²) in [5, 5.41) is 7.19. The van der Waals surface area contributed by atoms with Crippen molar-refractivity contribution in [2.75, 3.05) is 13.7 Å². The normalized spacial score (nSPS) is 12.0. The van der Waals surface area contributed by atoms with Gasteiger partial charge in [-0.1, -0.05) is 12.1 Å². The lowest BCUT2D eigenvalue weighted by molar-refractivity contribution is 0.0892. The van der Waals surface area contributed by atoms with E-state index in [2.05, 4.69) is 20.4 Å². The first-order valence-corrected chi connectivity index (χ1v) is 8.68. The van der Waals surface area contributed by atoms with Gasteiger partial charge in [0.25, 0.3) is 5.91 Å². The molecule has 0 unspecified atom stereocenters. The summed E-state index contributed by atoms with van der Waals surface area (Å²) < 4.78 is 7.00. The number of carbonyl (C=O) groups is 1. The number of aromatic nitrogens is 4. The predicted octanol–water partition coefficient (Wildman–Crippen LogP) is 2.61. The van der Waals surface area contributed by atoms with Crippen molar-refractivity contribution < 1.29 is 9.53 Å². The lowest BCUT2D eigenvalue weighted by Crippen LogP contribution is -2.32. The van der Waals surface area contributed by atoms with Gasteiger partial charge in [0.1, 0.15) is 0 Å². The second-order valence-electron chi connectivity index (χ2n) is 6.39. The van der Waals surface area contributed by atoms with Crippen LogP contribution in [0.25, 0.3) is 11.3 Å². The number of rotatable bonds is 6. The highest BCUT2D eigenvalue weighted by atomic mass is 16.5. The number of aryl methyl sites for hydroxylation is 3. The van der Waals surface area contributed by atoms with Gasteiger partial charge in [-0.15, -0.1) is 0 Å². The summed E-state index contributed by atoms with van der Waals surface area (Å²) in [7, 11) is 3.44. The van der Waals surface area contributed by atoms with Crippen LogP contribution in [-0.2, 0) is 11.8 Å². The van der Waals surface area contributed by atoms with Crippen molar-refractivity contribution >= 4 is 5.91 Å². The summed E-state index contributed by atoms with van der Waals surface area (Å²) in [5.41, 5.74) is 4.73. The van der Waals surface area contributed by atoms with Crippen molar-refractivity contribution in [3.63, 3.8) is 0 Å². The molecule has 0 fully saturated rings. The molecule has 7 heteroatoms. The SMILES string of the molecule is COC[C@H](NC(=O)c1cccc(-c2nc(C)cnc2C)c1)c1ccnn1C. The standard InChI is InChI=1S/C20H23N5O2/c1-13-11-21-14(2)19(23-13)15-6-5-7-16(10-15)20(26)24-17(12-27-4)18-8-9-22-25(18)3/h5-11,17H,12H2,1-4H3,(H,24,26)/t17-/m0/s1. The molecule has 2 heterocycles. The number of amides is 1. The molecule has 0 spiro atoms. The predicted molar refractivity (Wildman–Crippen MR) is 102 cm³/mol. The topological polar surface area (TPSA) is 81.9 Å². The first kappa shape index (κ1) is 18.7. The third-order valence-electron chi connectivity index (χ3n) is 4.33. The quantitative estimate of drug-likeness (QED) is 0.726. The van der Waals surface area contributed by atoms with E-state index in [1.165, 1.54) is 0 Å². The molecule has 1 atom stereocenters. The van der Waals surface area contributed by atoms with Crippen molar-refractivity contribution in [1.29, 1.82) is 0 Å². The van der Waals surface area contributed by atoms with Crippen LogP contribution in [0.1, 0.15) is 33.5 Å². The first-order chi connectivity index (χ1) is 13.0. The van der Waals surface area contributed by atoms with Crippen LogP contribution in [0.15, 0.2) is 42.7 Å². The molecule has 0 bridgehead atoms. The van der Waals surface area contributed by atoms with E-state index < -0.39 is 0 Å². The van der Waals surface area contributed by atoms with E-state index >= 15 is 0 Å². The molecule has 0 aliphatic carbocycles. The van der Waals surface area contributed by atoms with Crippen molar-refractivity contribution in [2.24, 2.45) is 7.05 Å². The molecular weight excluding hydrogens is 342 g/mol. The maximum absolute atomic E-state index is 12.8. The van der Waals surface area contributed by atoms with Gasteiger partial charge in [-0.3, -0.25) is 14.5 Å². The van der Waals surface area contributed by atoms with E-state index in [4.69, 9.17) is 4.74 Å². The van der Waals surface area contributed by atoms with Crippen LogP contribution in [0.2, 0.25) is 0 Å². The zero-order valence-electron chi connectivity index (χ0n) is 15.9. The molecule has 1 amide bonds. The molecule has 27 heavy (non-hydrogen) atoms. The number of hydrogen-bond acceptors (Lipinski definition) is 5. The highest BCUT2D eigenvalue weighted by Crippen LogP contribution is 2.22. The van der Waals surface area contributed by atoms with E-state index in [0.29, 0.717) is 12.2 Å². The number of hydrogen-bond donors (Lipinski definition) is 1. The lowest BCUT2D eigenvalue weighted by atomic mass is 10.1. The van der Waals surface area contributed by atoms with Gasteiger partial charge in [-0.25, -0.2) is 4.98 Å². The summed E-state index contributed by atoms with van der Waals surface area (Å²) in [4.78, 5) is 21.8. The Hall–Kier alpha value is -3.06. The molecule has 0 aliphatic rings. The highest BCUT2D eigenvalue weighted by Gasteiger charge is 2.19. The minimum Gasteiger partial charge on any atom is -0.382 e. The van der Waals surface area contributed by atoms with E-state index in [-0.39, 0.29) is 11.9 Å². The number of nitrogens with one attached hydrogen (secondary N) is 1. The number of nitrogens with zero attached hydrogens (tertiary/aromatic N) is 4. The molecule has 0 saturated heterocycles. The maximum atomic E-state index is 12.8. The van der Waals surface area contributed by atoms with Crippen molar-refractivity contribution in [3.8, 4) is 11.3 Å². The van der Waals surface area contributed by atoms with Crippen molar-refractivity contribution in [2.45, 2.75) is 19.9 Å². The second-order valence-corrected chi connectivity index (χ2v) is 6.39. The summed E-state index contributed by atoms with van der Waals surface area (Å²) in [6.45, 7) is 4.16. The van der Waals surface area contributed by atoms with E-state index in [0.717, 1.165) is 28.3 Å². The van der Waals surface area contributed by atoms with Crippen molar-refractivity contribution in [1.82, 2.24) is 25.1 Å². The lowest BCUT2D eigenvalue weighted by Gasteiger charge is -2.18. The Morgan fingerprint density at radius 1 is 1.30 bits per heavy atom. The van der Waals surface area contributed by atoms with E-state index in [9.17, 15) is 4.79 Å². The summed E-state index contributed by atoms with van der Waals surface area (Å²) in [6.07, 6.45) is 3.43. The van der Waals surface area contributed by atoms with Gasteiger partial charge in [0.15, 0.2) is 0 Å². The number of methoxy groups -OCH3 is 1. The summed E-state index contributed by atoms with van der Waals surface area (Å²) in [5.74, 6) is -0.182. The van der Waals surface area contributed by atoms with Crippen LogP contribution in [0, 0.1) is 13.8 Å². The molecule has 1 N–H and O–H groups in total. The Morgan fingerprint density at radius 3 is 2.81 bits per heavy atom. The third-order valence-corrected chi connectivity index (χ3v) is 4.33. The number of ether oxygens (including phenoxy) is 1. The molecule has 3 rings (SSSR count). The Bertz CT molecular complexity index is 951. The molecule has 2 aromatic heterocycles. The van der Waals surface area contributed by atoms with Crippen LogP contribution in [-0.4, -0.2) is 39.4 Å². The molecule has 0 saturated carbocycles. The Labute approximate surface area is 158 Å². The second kappa shape index (κ2) is 8.09. The molecule has 0 aliphatic heterocycles. The minimum absolute atomic E-state index is 0.182. The van der Waals surface area contributed by atoms with Crippen molar-refractivity contribution in [3.05, 3.63) is 65.4 Å². The van der Waals surface area contributed by atoms with Gasteiger partial charge in [0.2, 0.25) is 0 Å². The zero-order valence-corrected chi connectivity index (χ0v) is 15.9. The molecule has 7 nitrogen and oxygen atoms in total. The average Bonchev–Trinajstić information content (AvgIpc) is 3.09. The smallest absolute Gasteiger partial charge is 0.251 e. The molecule has 140 valence electrons. The summed E-state index contributed by atoms with van der Waals surface area (Å²) >= 11 is 0. The minimum atomic E-state index is -0.292. The average molecular weight is 365 g/mol. The molecular formula is C20H23N5O2. The number of carbonyl (C=O) groups excluding carboxylic acids is 1. The van der Waals surface area contributed by atoms with E-state index in [1.807, 2.05) is 45.2 Å². The fraction of sp³-hybridized carbons (Fsp3) is 0.300. The van der Waals surface area contributed by atoms with E-state index in [1.54, 1.807) is 30.3 Å². The zero-order chi connectivity index (χ0) is 19.4. The Kier molecular flexibility index (Phi) is 5.61. The van der Waals surface area contributed by atoms with Crippen LogP contribution >= 0.6 is 0 Å². The summed E-state index contributed by atoms with van der Waals surface area (Å²) in [6, 6.07) is 8.97. The van der Waals surface area contributed by atoms with Gasteiger partial charge < -0.3 is 10.1 Å². The van der Waals surface area contributed by atoms with Crippen LogP contribution in [0.5, 0.6) is 0 Å². The molecule has 3 aromatic rings. The van der Waals surface area contributed by atoms with Gasteiger partial charge in [0.05, 0.1) is 35.4 Å². The van der Waals surface area contributed by atoms with Crippen LogP contribution in [0.3, 0.4) is 0 Å².